The van der Waals surface area contributed by atoms with Gasteiger partial charge in [-0.05, 0) is 60.8 Å². The van der Waals surface area contributed by atoms with Crippen molar-refractivity contribution in [3.8, 4) is 0 Å². The van der Waals surface area contributed by atoms with Gasteiger partial charge in [-0.25, -0.2) is 13.1 Å². The van der Waals surface area contributed by atoms with Crippen molar-refractivity contribution < 1.29 is 13.2 Å². The molecule has 1 aromatic carbocycles. The summed E-state index contributed by atoms with van der Waals surface area (Å²) < 4.78 is 24.4. The Morgan fingerprint density at radius 2 is 1.73 bits per heavy atom. The van der Waals surface area contributed by atoms with E-state index in [1.165, 1.54) is 22.3 Å². The van der Waals surface area contributed by atoms with Gasteiger partial charge in [-0.1, -0.05) is 12.6 Å². The molecule has 6 heteroatoms. The van der Waals surface area contributed by atoms with Crippen LogP contribution >= 0.6 is 0 Å². The molecule has 0 bridgehead atoms. The first kappa shape index (κ1) is 15.0. The Bertz CT molecular complexity index is 747. The molecule has 1 N–H and O–H groups in total. The summed E-state index contributed by atoms with van der Waals surface area (Å²) in [5.41, 5.74) is 5.97. The smallest absolute Gasteiger partial charge is 0.267 e. The van der Waals surface area contributed by atoms with Crippen LogP contribution in [0.25, 0.3) is 0 Å². The molecule has 2 aliphatic rings. The molecule has 0 aromatic heterocycles. The molecule has 0 spiro atoms. The second kappa shape index (κ2) is 5.68. The summed E-state index contributed by atoms with van der Waals surface area (Å²) in [6.07, 6.45) is 7.34. The quantitative estimate of drug-likeness (QED) is 0.862. The van der Waals surface area contributed by atoms with Crippen LogP contribution in [0.5, 0.6) is 0 Å². The summed E-state index contributed by atoms with van der Waals surface area (Å²) in [6, 6.07) is 2.28. The van der Waals surface area contributed by atoms with E-state index in [-0.39, 0.29) is 0 Å². The summed E-state index contributed by atoms with van der Waals surface area (Å²) in [5, 5.41) is 0.705. The number of aliphatic imine (C=N–C) groups is 1. The predicted octanol–water partition coefficient (Wildman–Crippen LogP) is 1.96. The monoisotopic (exact) mass is 318 g/mol. The maximum atomic E-state index is 11.7. The summed E-state index contributed by atoms with van der Waals surface area (Å²) in [4.78, 5) is 16.0. The van der Waals surface area contributed by atoms with Crippen LogP contribution < -0.4 is 4.72 Å². The van der Waals surface area contributed by atoms with Gasteiger partial charge in [0.15, 0.2) is 0 Å². The zero-order chi connectivity index (χ0) is 15.7. The van der Waals surface area contributed by atoms with E-state index in [1.807, 2.05) is 4.72 Å². The molecular weight excluding hydrogens is 300 g/mol. The average Bonchev–Trinajstić information content (AvgIpc) is 3.11. The van der Waals surface area contributed by atoms with Gasteiger partial charge in [0.1, 0.15) is 0 Å². The maximum Gasteiger partial charge on any atom is 0.276 e. The van der Waals surface area contributed by atoms with E-state index in [1.54, 1.807) is 0 Å². The van der Waals surface area contributed by atoms with Crippen molar-refractivity contribution in [3.63, 3.8) is 0 Å². The molecular formula is C16H18N2O3S. The first-order valence-electron chi connectivity index (χ1n) is 7.40. The molecule has 0 unspecified atom stereocenters. The number of nitrogens with zero attached hydrogens (tertiary/aromatic N) is 1. The Morgan fingerprint density at radius 3 is 2.27 bits per heavy atom. The van der Waals surface area contributed by atoms with Gasteiger partial charge in [0, 0.05) is 5.41 Å². The van der Waals surface area contributed by atoms with E-state index < -0.39 is 15.9 Å². The average molecular weight is 318 g/mol. The Kier molecular flexibility index (Phi) is 3.87. The van der Waals surface area contributed by atoms with Crippen molar-refractivity contribution in [3.05, 3.63) is 40.3 Å². The number of carbonyl (C=O) groups is 1. The molecule has 0 radical (unpaired) electrons. The minimum atomic E-state index is -3.77. The number of hydrogen-bond acceptors (Lipinski definition) is 4. The van der Waals surface area contributed by atoms with Crippen molar-refractivity contribution in [2.24, 2.45) is 4.99 Å². The number of benzene rings is 1. The highest BCUT2D eigenvalue weighted by molar-refractivity contribution is 7.93. The SMILES string of the molecule is C=CS(=O)(=O)NC(=O)C=Nc1c2c(cc3c1CCC3)CCC2. The summed E-state index contributed by atoms with van der Waals surface area (Å²) in [6.45, 7) is 3.15. The molecule has 0 heterocycles. The lowest BCUT2D eigenvalue weighted by Crippen LogP contribution is -2.29. The molecule has 0 atom stereocenters. The van der Waals surface area contributed by atoms with Gasteiger partial charge in [0.25, 0.3) is 15.9 Å². The third-order valence-corrected chi connectivity index (χ3v) is 5.14. The van der Waals surface area contributed by atoms with E-state index in [0.717, 1.165) is 50.4 Å². The van der Waals surface area contributed by atoms with Gasteiger partial charge in [-0.2, -0.15) is 0 Å². The Hall–Kier alpha value is -1.95. The number of amides is 1. The minimum Gasteiger partial charge on any atom is -0.267 e. The lowest BCUT2D eigenvalue weighted by atomic mass is 9.99. The second-order valence-electron chi connectivity index (χ2n) is 5.64. The second-order valence-corrected chi connectivity index (χ2v) is 7.27. The van der Waals surface area contributed by atoms with Crippen LogP contribution in [0.3, 0.4) is 0 Å². The first-order valence-corrected chi connectivity index (χ1v) is 8.94. The lowest BCUT2D eigenvalue weighted by molar-refractivity contribution is -0.112. The van der Waals surface area contributed by atoms with Gasteiger partial charge in [-0.3, -0.25) is 9.79 Å². The normalized spacial score (nSPS) is 16.5. The number of carbonyl (C=O) groups excluding carboxylic acids is 1. The van der Waals surface area contributed by atoms with Crippen molar-refractivity contribution in [2.45, 2.75) is 38.5 Å². The Labute approximate surface area is 130 Å². The molecule has 1 aromatic rings. The standard InChI is InChI=1S/C16H18N2O3S/c1-2-22(20,21)18-15(19)10-17-16-13-7-3-5-11(13)9-12-6-4-8-14(12)16/h2,9-10H,1,3-8H2,(H,18,19). The molecule has 3 rings (SSSR count). The zero-order valence-corrected chi connectivity index (χ0v) is 13.1. The molecule has 2 aliphatic carbocycles. The highest BCUT2D eigenvalue weighted by atomic mass is 32.2. The zero-order valence-electron chi connectivity index (χ0n) is 12.3. The third-order valence-electron chi connectivity index (χ3n) is 4.21. The maximum absolute atomic E-state index is 11.7. The number of hydrogen-bond donors (Lipinski definition) is 1. The largest absolute Gasteiger partial charge is 0.276 e. The summed E-state index contributed by atoms with van der Waals surface area (Å²) in [5.74, 6) is -0.748. The number of nitrogens with one attached hydrogen (secondary N) is 1. The van der Waals surface area contributed by atoms with Crippen LogP contribution in [-0.4, -0.2) is 20.5 Å². The third kappa shape index (κ3) is 2.83. The lowest BCUT2D eigenvalue weighted by Gasteiger charge is -2.10. The fourth-order valence-electron chi connectivity index (χ4n) is 3.27. The van der Waals surface area contributed by atoms with E-state index in [9.17, 15) is 13.2 Å². The Morgan fingerprint density at radius 1 is 1.14 bits per heavy atom. The van der Waals surface area contributed by atoms with Gasteiger partial charge >= 0.3 is 0 Å². The van der Waals surface area contributed by atoms with Crippen LogP contribution in [0.4, 0.5) is 5.69 Å². The molecule has 0 aliphatic heterocycles. The summed E-state index contributed by atoms with van der Waals surface area (Å²) in [7, 11) is -3.77. The highest BCUT2D eigenvalue weighted by Crippen LogP contribution is 2.40. The number of sulfonamides is 1. The van der Waals surface area contributed by atoms with E-state index in [2.05, 4.69) is 17.6 Å². The van der Waals surface area contributed by atoms with Crippen molar-refractivity contribution >= 4 is 27.8 Å². The minimum absolute atomic E-state index is 0.705. The molecule has 1 amide bonds. The van der Waals surface area contributed by atoms with Crippen LogP contribution in [0.15, 0.2) is 23.0 Å². The highest BCUT2D eigenvalue weighted by Gasteiger charge is 2.23. The number of aryl methyl sites for hydroxylation is 2. The molecule has 5 nitrogen and oxygen atoms in total. The van der Waals surface area contributed by atoms with Crippen molar-refractivity contribution in [1.29, 1.82) is 0 Å². The van der Waals surface area contributed by atoms with Crippen LogP contribution in [0.2, 0.25) is 0 Å². The van der Waals surface area contributed by atoms with Crippen LogP contribution in [-0.2, 0) is 40.5 Å². The van der Waals surface area contributed by atoms with Gasteiger partial charge < -0.3 is 0 Å². The van der Waals surface area contributed by atoms with Gasteiger partial charge in [0.05, 0.1) is 11.9 Å². The van der Waals surface area contributed by atoms with Gasteiger partial charge in [-0.15, -0.1) is 0 Å². The van der Waals surface area contributed by atoms with E-state index in [0.29, 0.717) is 5.41 Å². The molecule has 0 fully saturated rings. The first-order chi connectivity index (χ1) is 10.5. The van der Waals surface area contributed by atoms with Crippen molar-refractivity contribution in [2.75, 3.05) is 0 Å². The van der Waals surface area contributed by atoms with Crippen LogP contribution in [0.1, 0.15) is 35.1 Å². The topological polar surface area (TPSA) is 75.6 Å². The van der Waals surface area contributed by atoms with Gasteiger partial charge in [0.2, 0.25) is 0 Å². The molecule has 0 saturated heterocycles. The van der Waals surface area contributed by atoms with Crippen LogP contribution in [0, 0.1) is 0 Å². The fraction of sp³-hybridized carbons (Fsp3) is 0.375. The van der Waals surface area contributed by atoms with E-state index in [4.69, 9.17) is 0 Å². The molecule has 22 heavy (non-hydrogen) atoms. The van der Waals surface area contributed by atoms with E-state index >= 15 is 0 Å². The van der Waals surface area contributed by atoms with Crippen molar-refractivity contribution in [1.82, 2.24) is 4.72 Å². The molecule has 0 saturated carbocycles. The fourth-order valence-corrected chi connectivity index (χ4v) is 3.69. The summed E-state index contributed by atoms with van der Waals surface area (Å²) >= 11 is 0. The number of rotatable bonds is 4. The Balaban J connectivity index is 1.91. The predicted molar refractivity (Wildman–Crippen MR) is 85.9 cm³/mol. The molecule has 116 valence electrons. The number of fused-ring (bicyclic) bond motifs is 2.